The first-order valence-corrected chi connectivity index (χ1v) is 5.79. The zero-order valence-corrected chi connectivity index (χ0v) is 10.4. The Balaban J connectivity index is 2.51. The first-order valence-electron chi connectivity index (χ1n) is 5.79. The smallest absolute Gasteiger partial charge is 0.302 e. The lowest BCUT2D eigenvalue weighted by atomic mass is 9.88. The van der Waals surface area contributed by atoms with E-state index in [0.29, 0.717) is 0 Å². The quantitative estimate of drug-likeness (QED) is 0.672. The van der Waals surface area contributed by atoms with Crippen molar-refractivity contribution in [2.45, 2.75) is 46.6 Å². The zero-order valence-electron chi connectivity index (χ0n) is 10.4. The molecule has 3 nitrogen and oxygen atoms in total. The van der Waals surface area contributed by atoms with Gasteiger partial charge in [-0.2, -0.15) is 0 Å². The fourth-order valence-corrected chi connectivity index (χ4v) is 1.89. The van der Waals surface area contributed by atoms with Crippen molar-refractivity contribution in [1.82, 2.24) is 4.90 Å². The van der Waals surface area contributed by atoms with Gasteiger partial charge in [-0.15, -0.1) is 0 Å². The molecular weight excluding hydrogens is 190 g/mol. The van der Waals surface area contributed by atoms with Gasteiger partial charge < -0.3 is 4.74 Å². The van der Waals surface area contributed by atoms with Gasteiger partial charge in [0.25, 0.3) is 0 Å². The van der Waals surface area contributed by atoms with Crippen LogP contribution < -0.4 is 0 Å². The molecule has 15 heavy (non-hydrogen) atoms. The van der Waals surface area contributed by atoms with Crippen molar-refractivity contribution in [3.8, 4) is 0 Å². The monoisotopic (exact) mass is 213 g/mol. The summed E-state index contributed by atoms with van der Waals surface area (Å²) in [5.74, 6) is -0.172. The molecule has 1 fully saturated rings. The molecule has 0 amide bonds. The van der Waals surface area contributed by atoms with Gasteiger partial charge in [0.1, 0.15) is 6.10 Å². The Bertz CT molecular complexity index is 214. The summed E-state index contributed by atoms with van der Waals surface area (Å²) in [4.78, 5) is 13.4. The third-order valence-electron chi connectivity index (χ3n) is 2.90. The predicted molar refractivity (Wildman–Crippen MR) is 60.7 cm³/mol. The van der Waals surface area contributed by atoms with Crippen LogP contribution in [0.15, 0.2) is 0 Å². The Kier molecular flexibility index (Phi) is 4.14. The maximum absolute atomic E-state index is 11.0. The number of esters is 1. The first-order chi connectivity index (χ1) is 6.89. The number of likely N-dealkylation sites (tertiary alicyclic amines) is 1. The van der Waals surface area contributed by atoms with Crippen LogP contribution in [0.3, 0.4) is 0 Å². The minimum absolute atomic E-state index is 0.00750. The van der Waals surface area contributed by atoms with Crippen LogP contribution in [-0.2, 0) is 9.53 Å². The Morgan fingerprint density at radius 3 is 2.27 bits per heavy atom. The lowest BCUT2D eigenvalue weighted by Crippen LogP contribution is -2.41. The summed E-state index contributed by atoms with van der Waals surface area (Å²) in [6, 6.07) is 0. The number of ether oxygens (including phenoxy) is 1. The maximum Gasteiger partial charge on any atom is 0.302 e. The Labute approximate surface area is 92.8 Å². The van der Waals surface area contributed by atoms with Gasteiger partial charge in [0.2, 0.25) is 0 Å². The molecule has 1 aliphatic heterocycles. The van der Waals surface area contributed by atoms with Crippen molar-refractivity contribution in [2.24, 2.45) is 5.41 Å². The van der Waals surface area contributed by atoms with Gasteiger partial charge in [-0.05, 0) is 25.9 Å². The number of carbonyl (C=O) groups excluding carboxylic acids is 1. The Morgan fingerprint density at radius 1 is 1.33 bits per heavy atom. The van der Waals surface area contributed by atoms with Crippen LogP contribution in [0, 0.1) is 5.41 Å². The molecule has 1 heterocycles. The second kappa shape index (κ2) is 4.97. The molecule has 1 unspecified atom stereocenters. The van der Waals surface area contributed by atoms with Crippen molar-refractivity contribution in [1.29, 1.82) is 0 Å². The molecule has 1 saturated heterocycles. The number of carbonyl (C=O) groups is 1. The van der Waals surface area contributed by atoms with E-state index in [1.54, 1.807) is 0 Å². The molecule has 0 saturated carbocycles. The van der Waals surface area contributed by atoms with Crippen LogP contribution in [0.4, 0.5) is 0 Å². The van der Waals surface area contributed by atoms with Crippen LogP contribution >= 0.6 is 0 Å². The number of rotatable bonds is 3. The number of nitrogens with zero attached hydrogens (tertiary/aromatic N) is 1. The van der Waals surface area contributed by atoms with Gasteiger partial charge in [-0.25, -0.2) is 0 Å². The Morgan fingerprint density at radius 2 is 1.87 bits per heavy atom. The fourth-order valence-electron chi connectivity index (χ4n) is 1.89. The summed E-state index contributed by atoms with van der Waals surface area (Å²) in [5, 5.41) is 0. The van der Waals surface area contributed by atoms with Crippen molar-refractivity contribution < 1.29 is 9.53 Å². The average molecular weight is 213 g/mol. The number of hydrogen-bond donors (Lipinski definition) is 0. The summed E-state index contributed by atoms with van der Waals surface area (Å²) in [6.45, 7) is 11.0. The first kappa shape index (κ1) is 12.5. The third kappa shape index (κ3) is 4.20. The highest BCUT2D eigenvalue weighted by molar-refractivity contribution is 5.66. The van der Waals surface area contributed by atoms with Crippen LogP contribution in [-0.4, -0.2) is 36.6 Å². The van der Waals surface area contributed by atoms with Gasteiger partial charge >= 0.3 is 5.97 Å². The summed E-state index contributed by atoms with van der Waals surface area (Å²) < 4.78 is 5.40. The standard InChI is InChI=1S/C12H23NO2/c1-10(14)15-11(12(2,3)4)9-13-7-5-6-8-13/h11H,5-9H2,1-4H3. The molecular formula is C12H23NO2. The van der Waals surface area contributed by atoms with E-state index in [9.17, 15) is 4.79 Å². The molecule has 88 valence electrons. The summed E-state index contributed by atoms with van der Waals surface area (Å²) in [7, 11) is 0. The van der Waals surface area contributed by atoms with Crippen LogP contribution in [0.2, 0.25) is 0 Å². The molecule has 0 radical (unpaired) electrons. The largest absolute Gasteiger partial charge is 0.461 e. The van der Waals surface area contributed by atoms with Gasteiger partial charge in [0, 0.05) is 18.9 Å². The van der Waals surface area contributed by atoms with Crippen molar-refractivity contribution in [2.75, 3.05) is 19.6 Å². The average Bonchev–Trinajstić information content (AvgIpc) is 2.53. The van der Waals surface area contributed by atoms with E-state index in [1.807, 2.05) is 0 Å². The molecule has 0 N–H and O–H groups in total. The van der Waals surface area contributed by atoms with Gasteiger partial charge in [0.15, 0.2) is 0 Å². The molecule has 0 aromatic heterocycles. The third-order valence-corrected chi connectivity index (χ3v) is 2.90. The predicted octanol–water partition coefficient (Wildman–Crippen LogP) is 2.06. The number of hydrogen-bond acceptors (Lipinski definition) is 3. The minimum Gasteiger partial charge on any atom is -0.461 e. The second-order valence-corrected chi connectivity index (χ2v) is 5.47. The van der Waals surface area contributed by atoms with Crippen LogP contribution in [0.25, 0.3) is 0 Å². The summed E-state index contributed by atoms with van der Waals surface area (Å²) >= 11 is 0. The van der Waals surface area contributed by atoms with E-state index >= 15 is 0 Å². The highest BCUT2D eigenvalue weighted by Crippen LogP contribution is 2.24. The molecule has 1 atom stereocenters. The van der Waals surface area contributed by atoms with Crippen molar-refractivity contribution in [3.05, 3.63) is 0 Å². The normalized spacial score (nSPS) is 20.3. The molecule has 0 aromatic rings. The fraction of sp³-hybridized carbons (Fsp3) is 0.917. The van der Waals surface area contributed by atoms with E-state index in [0.717, 1.165) is 19.6 Å². The summed E-state index contributed by atoms with van der Waals surface area (Å²) in [5.41, 5.74) is 0.0221. The van der Waals surface area contributed by atoms with Gasteiger partial charge in [-0.3, -0.25) is 9.69 Å². The molecule has 0 aliphatic carbocycles. The molecule has 0 aromatic carbocycles. The van der Waals surface area contributed by atoms with Crippen LogP contribution in [0.1, 0.15) is 40.5 Å². The van der Waals surface area contributed by atoms with Gasteiger partial charge in [-0.1, -0.05) is 20.8 Å². The maximum atomic E-state index is 11.0. The van der Waals surface area contributed by atoms with Crippen molar-refractivity contribution >= 4 is 5.97 Å². The highest BCUT2D eigenvalue weighted by atomic mass is 16.5. The molecule has 3 heteroatoms. The highest BCUT2D eigenvalue weighted by Gasteiger charge is 2.30. The molecule has 1 aliphatic rings. The topological polar surface area (TPSA) is 29.5 Å². The van der Waals surface area contributed by atoms with Gasteiger partial charge in [0.05, 0.1) is 0 Å². The van der Waals surface area contributed by atoms with E-state index in [4.69, 9.17) is 4.74 Å². The minimum atomic E-state index is -0.172. The Hall–Kier alpha value is -0.570. The lowest BCUT2D eigenvalue weighted by Gasteiger charge is -2.33. The van der Waals surface area contributed by atoms with E-state index < -0.39 is 0 Å². The van der Waals surface area contributed by atoms with E-state index in [1.165, 1.54) is 19.8 Å². The molecule has 1 rings (SSSR count). The SMILES string of the molecule is CC(=O)OC(CN1CCCC1)C(C)(C)C. The van der Waals surface area contributed by atoms with E-state index in [-0.39, 0.29) is 17.5 Å². The zero-order chi connectivity index (χ0) is 11.5. The molecule has 0 bridgehead atoms. The van der Waals surface area contributed by atoms with E-state index in [2.05, 4.69) is 25.7 Å². The van der Waals surface area contributed by atoms with Crippen LogP contribution in [0.5, 0.6) is 0 Å². The van der Waals surface area contributed by atoms with Crippen molar-refractivity contribution in [3.63, 3.8) is 0 Å². The lowest BCUT2D eigenvalue weighted by molar-refractivity contribution is -0.153. The second-order valence-electron chi connectivity index (χ2n) is 5.47. The summed E-state index contributed by atoms with van der Waals surface area (Å²) in [6.07, 6.45) is 2.56. The molecule has 0 spiro atoms.